The minimum atomic E-state index is 0.0370. The fourth-order valence-electron chi connectivity index (χ4n) is 1.19. The van der Waals surface area contributed by atoms with Crippen LogP contribution in [0.2, 0.25) is 0 Å². The molecule has 0 saturated carbocycles. The molecule has 0 unspecified atom stereocenters. The number of amides is 1. The first-order chi connectivity index (χ1) is 6.65. The van der Waals surface area contributed by atoms with Crippen LogP contribution in [0.1, 0.15) is 23.7 Å². The molecule has 14 heavy (non-hydrogen) atoms. The quantitative estimate of drug-likeness (QED) is 0.778. The lowest BCUT2D eigenvalue weighted by molar-refractivity contribution is 0.0795. The van der Waals surface area contributed by atoms with Crippen LogP contribution in [-0.4, -0.2) is 29.4 Å². The molecular formula is C10H13BrN2O. The zero-order chi connectivity index (χ0) is 10.6. The molecule has 1 aromatic heterocycles. The van der Waals surface area contributed by atoms with Crippen LogP contribution in [0, 0.1) is 0 Å². The summed E-state index contributed by atoms with van der Waals surface area (Å²) in [7, 11) is 1.81. The summed E-state index contributed by atoms with van der Waals surface area (Å²) >= 11 is 3.24. The van der Waals surface area contributed by atoms with E-state index in [1.165, 1.54) is 0 Å². The predicted octanol–water partition coefficient (Wildman–Crippen LogP) is 2.33. The molecule has 3 nitrogen and oxygen atoms in total. The molecule has 1 aromatic rings. The summed E-state index contributed by atoms with van der Waals surface area (Å²) in [6, 6.07) is 3.45. The van der Waals surface area contributed by atoms with Crippen molar-refractivity contribution in [3.8, 4) is 0 Å². The van der Waals surface area contributed by atoms with E-state index in [1.54, 1.807) is 30.3 Å². The lowest BCUT2D eigenvalue weighted by Crippen LogP contribution is -2.27. The molecule has 0 aliphatic carbocycles. The molecule has 76 valence electrons. The maximum atomic E-state index is 11.8. The van der Waals surface area contributed by atoms with Gasteiger partial charge in [-0.25, -0.2) is 4.98 Å². The van der Waals surface area contributed by atoms with Gasteiger partial charge in [0, 0.05) is 25.4 Å². The van der Waals surface area contributed by atoms with Gasteiger partial charge < -0.3 is 4.90 Å². The molecular weight excluding hydrogens is 244 g/mol. The summed E-state index contributed by atoms with van der Waals surface area (Å²) in [6.07, 6.45) is 2.59. The van der Waals surface area contributed by atoms with Crippen LogP contribution in [0.4, 0.5) is 0 Å². The van der Waals surface area contributed by atoms with E-state index in [0.717, 1.165) is 13.0 Å². The van der Waals surface area contributed by atoms with E-state index in [2.05, 4.69) is 20.9 Å². The van der Waals surface area contributed by atoms with Crippen LogP contribution in [0.3, 0.4) is 0 Å². The van der Waals surface area contributed by atoms with Crippen molar-refractivity contribution >= 4 is 21.8 Å². The highest BCUT2D eigenvalue weighted by atomic mass is 79.9. The van der Waals surface area contributed by atoms with Crippen molar-refractivity contribution in [3.05, 3.63) is 28.5 Å². The molecule has 1 rings (SSSR count). The van der Waals surface area contributed by atoms with Crippen LogP contribution in [-0.2, 0) is 0 Å². The van der Waals surface area contributed by atoms with E-state index in [9.17, 15) is 4.79 Å². The number of aromatic nitrogens is 1. The number of hydrogen-bond acceptors (Lipinski definition) is 2. The Bertz CT molecular complexity index is 328. The molecule has 0 radical (unpaired) electrons. The van der Waals surface area contributed by atoms with Crippen LogP contribution >= 0.6 is 15.9 Å². The SMILES string of the molecule is CCCN(C)C(=O)c1ccnc(Br)c1. The number of rotatable bonds is 3. The van der Waals surface area contributed by atoms with Gasteiger partial charge >= 0.3 is 0 Å². The molecule has 0 saturated heterocycles. The smallest absolute Gasteiger partial charge is 0.253 e. The van der Waals surface area contributed by atoms with E-state index in [4.69, 9.17) is 0 Å². The average Bonchev–Trinajstić information content (AvgIpc) is 2.17. The Labute approximate surface area is 92.3 Å². The maximum absolute atomic E-state index is 11.8. The Morgan fingerprint density at radius 1 is 1.64 bits per heavy atom. The van der Waals surface area contributed by atoms with Crippen molar-refractivity contribution in [2.24, 2.45) is 0 Å². The first-order valence-electron chi connectivity index (χ1n) is 4.52. The molecule has 0 spiro atoms. The summed E-state index contributed by atoms with van der Waals surface area (Å²) in [4.78, 5) is 17.4. The maximum Gasteiger partial charge on any atom is 0.253 e. The fourth-order valence-corrected chi connectivity index (χ4v) is 1.56. The van der Waals surface area contributed by atoms with E-state index in [-0.39, 0.29) is 5.91 Å². The van der Waals surface area contributed by atoms with Crippen molar-refractivity contribution in [3.63, 3.8) is 0 Å². The predicted molar refractivity (Wildman–Crippen MR) is 59.2 cm³/mol. The second kappa shape index (κ2) is 5.10. The standard InChI is InChI=1S/C10H13BrN2O/c1-3-6-13(2)10(14)8-4-5-12-9(11)7-8/h4-5,7H,3,6H2,1-2H3. The second-order valence-electron chi connectivity index (χ2n) is 3.09. The van der Waals surface area contributed by atoms with Crippen molar-refractivity contribution in [1.29, 1.82) is 0 Å². The Kier molecular flexibility index (Phi) is 4.07. The second-order valence-corrected chi connectivity index (χ2v) is 3.91. The molecule has 0 aliphatic heterocycles. The van der Waals surface area contributed by atoms with Gasteiger partial charge in [0.2, 0.25) is 0 Å². The fraction of sp³-hybridized carbons (Fsp3) is 0.400. The van der Waals surface area contributed by atoms with Gasteiger partial charge in [0.25, 0.3) is 5.91 Å². The van der Waals surface area contributed by atoms with E-state index in [1.807, 2.05) is 6.92 Å². The number of carbonyl (C=O) groups is 1. The lowest BCUT2D eigenvalue weighted by atomic mass is 10.2. The van der Waals surface area contributed by atoms with Gasteiger partial charge in [0.15, 0.2) is 0 Å². The average molecular weight is 257 g/mol. The minimum Gasteiger partial charge on any atom is -0.342 e. The number of carbonyl (C=O) groups excluding carboxylic acids is 1. The van der Waals surface area contributed by atoms with Gasteiger partial charge in [-0.1, -0.05) is 6.92 Å². The van der Waals surface area contributed by atoms with E-state index < -0.39 is 0 Å². The zero-order valence-electron chi connectivity index (χ0n) is 8.33. The third-order valence-corrected chi connectivity index (χ3v) is 2.31. The van der Waals surface area contributed by atoms with E-state index >= 15 is 0 Å². The van der Waals surface area contributed by atoms with Crippen molar-refractivity contribution in [2.75, 3.05) is 13.6 Å². The summed E-state index contributed by atoms with van der Waals surface area (Å²) in [5, 5.41) is 0. The van der Waals surface area contributed by atoms with Crippen LogP contribution in [0.25, 0.3) is 0 Å². The summed E-state index contributed by atoms with van der Waals surface area (Å²) in [5.41, 5.74) is 0.669. The monoisotopic (exact) mass is 256 g/mol. The minimum absolute atomic E-state index is 0.0370. The number of hydrogen-bond donors (Lipinski definition) is 0. The Balaban J connectivity index is 2.78. The molecule has 1 amide bonds. The van der Waals surface area contributed by atoms with Crippen molar-refractivity contribution < 1.29 is 4.79 Å². The van der Waals surface area contributed by atoms with Gasteiger partial charge in [-0.05, 0) is 34.5 Å². The Morgan fingerprint density at radius 2 is 2.36 bits per heavy atom. The molecule has 0 aromatic carbocycles. The number of halogens is 1. The summed E-state index contributed by atoms with van der Waals surface area (Å²) in [5.74, 6) is 0.0370. The highest BCUT2D eigenvalue weighted by Crippen LogP contribution is 2.09. The van der Waals surface area contributed by atoms with Crippen LogP contribution < -0.4 is 0 Å². The lowest BCUT2D eigenvalue weighted by Gasteiger charge is -2.15. The third-order valence-electron chi connectivity index (χ3n) is 1.88. The third kappa shape index (κ3) is 2.80. The molecule has 0 N–H and O–H groups in total. The number of nitrogens with zero attached hydrogens (tertiary/aromatic N) is 2. The largest absolute Gasteiger partial charge is 0.342 e. The molecule has 4 heteroatoms. The zero-order valence-corrected chi connectivity index (χ0v) is 9.91. The normalized spacial score (nSPS) is 9.93. The molecule has 0 fully saturated rings. The van der Waals surface area contributed by atoms with Crippen LogP contribution in [0.15, 0.2) is 22.9 Å². The Hall–Kier alpha value is -0.900. The van der Waals surface area contributed by atoms with E-state index in [0.29, 0.717) is 10.2 Å². The van der Waals surface area contributed by atoms with Gasteiger partial charge in [-0.2, -0.15) is 0 Å². The number of pyridine rings is 1. The molecule has 1 heterocycles. The van der Waals surface area contributed by atoms with Gasteiger partial charge in [-0.15, -0.1) is 0 Å². The first kappa shape index (κ1) is 11.2. The molecule has 0 atom stereocenters. The summed E-state index contributed by atoms with van der Waals surface area (Å²) in [6.45, 7) is 2.82. The first-order valence-corrected chi connectivity index (χ1v) is 5.31. The molecule has 0 aliphatic rings. The van der Waals surface area contributed by atoms with Crippen LogP contribution in [0.5, 0.6) is 0 Å². The van der Waals surface area contributed by atoms with Crippen molar-refractivity contribution in [1.82, 2.24) is 9.88 Å². The van der Waals surface area contributed by atoms with Gasteiger partial charge in [0.05, 0.1) is 0 Å². The molecule has 0 bridgehead atoms. The Morgan fingerprint density at radius 3 is 2.93 bits per heavy atom. The topological polar surface area (TPSA) is 33.2 Å². The summed E-state index contributed by atoms with van der Waals surface area (Å²) < 4.78 is 0.688. The highest BCUT2D eigenvalue weighted by molar-refractivity contribution is 9.10. The highest BCUT2D eigenvalue weighted by Gasteiger charge is 2.10. The van der Waals surface area contributed by atoms with Crippen molar-refractivity contribution in [2.45, 2.75) is 13.3 Å². The van der Waals surface area contributed by atoms with Gasteiger partial charge in [0.1, 0.15) is 4.60 Å². The van der Waals surface area contributed by atoms with Gasteiger partial charge in [-0.3, -0.25) is 4.79 Å².